The third-order valence-corrected chi connectivity index (χ3v) is 6.64. The molecule has 1 fully saturated rings. The van der Waals surface area contributed by atoms with Crippen molar-refractivity contribution in [3.63, 3.8) is 0 Å². The third kappa shape index (κ3) is 3.07. The maximum atomic E-state index is 2.39. The summed E-state index contributed by atoms with van der Waals surface area (Å²) in [7, 11) is 0.555. The molecule has 1 aromatic carbocycles. The molecule has 2 rings (SSSR count). The van der Waals surface area contributed by atoms with Crippen molar-refractivity contribution in [2.45, 2.75) is 56.8 Å². The van der Waals surface area contributed by atoms with E-state index in [1.807, 2.05) is 0 Å². The zero-order valence-electron chi connectivity index (χ0n) is 11.5. The van der Waals surface area contributed by atoms with E-state index in [2.05, 4.69) is 45.0 Å². The standard InChI is InChI=1S/C16H25S/c1-4-16(2,3)14-8-10-15(11-9-14)17-12-6-5-7-13-17/h8-11H,4-7,12-13H2,1-3H3/q+1. The van der Waals surface area contributed by atoms with Crippen LogP contribution in [0, 0.1) is 0 Å². The van der Waals surface area contributed by atoms with E-state index in [0.717, 1.165) is 0 Å². The average molecular weight is 249 g/mol. The zero-order chi connectivity index (χ0) is 12.3. The smallest absolute Gasteiger partial charge is 0.0646 e. The Kier molecular flexibility index (Phi) is 4.19. The molecule has 1 aromatic rings. The van der Waals surface area contributed by atoms with Gasteiger partial charge in [-0.2, -0.15) is 0 Å². The van der Waals surface area contributed by atoms with Crippen LogP contribution < -0.4 is 0 Å². The quantitative estimate of drug-likeness (QED) is 0.690. The minimum absolute atomic E-state index is 0.328. The molecule has 0 nitrogen and oxygen atoms in total. The Morgan fingerprint density at radius 2 is 1.59 bits per heavy atom. The van der Waals surface area contributed by atoms with Crippen molar-refractivity contribution >= 4 is 10.9 Å². The van der Waals surface area contributed by atoms with E-state index in [1.165, 1.54) is 42.8 Å². The maximum absolute atomic E-state index is 2.39. The van der Waals surface area contributed by atoms with Crippen LogP contribution >= 0.6 is 0 Å². The summed E-state index contributed by atoms with van der Waals surface area (Å²) < 4.78 is 0. The lowest BCUT2D eigenvalue weighted by Gasteiger charge is -2.23. The SMILES string of the molecule is CCC(C)(C)c1ccc([S+]2CCCCC2)cc1. The molecule has 0 amide bonds. The van der Waals surface area contributed by atoms with Crippen molar-refractivity contribution in [1.29, 1.82) is 0 Å². The van der Waals surface area contributed by atoms with Gasteiger partial charge in [-0.15, -0.1) is 0 Å². The van der Waals surface area contributed by atoms with Crippen LogP contribution in [0.2, 0.25) is 0 Å². The lowest BCUT2D eigenvalue weighted by atomic mass is 9.82. The first-order valence-electron chi connectivity index (χ1n) is 6.91. The van der Waals surface area contributed by atoms with Crippen LogP contribution in [0.4, 0.5) is 0 Å². The molecule has 0 aliphatic carbocycles. The second-order valence-electron chi connectivity index (χ2n) is 5.72. The molecule has 94 valence electrons. The highest BCUT2D eigenvalue weighted by Crippen LogP contribution is 2.29. The molecule has 17 heavy (non-hydrogen) atoms. The molecule has 1 aliphatic heterocycles. The van der Waals surface area contributed by atoms with Crippen LogP contribution in [-0.2, 0) is 16.3 Å². The van der Waals surface area contributed by atoms with Crippen molar-refractivity contribution < 1.29 is 0 Å². The molecule has 0 atom stereocenters. The summed E-state index contributed by atoms with van der Waals surface area (Å²) in [6.07, 6.45) is 5.53. The Hall–Kier alpha value is -0.430. The molecule has 1 heteroatoms. The van der Waals surface area contributed by atoms with Gasteiger partial charge in [0.1, 0.15) is 11.5 Å². The Morgan fingerprint density at radius 1 is 1.00 bits per heavy atom. The van der Waals surface area contributed by atoms with Gasteiger partial charge in [0.25, 0.3) is 0 Å². The van der Waals surface area contributed by atoms with Gasteiger partial charge in [0.05, 0.1) is 0 Å². The summed E-state index contributed by atoms with van der Waals surface area (Å²) in [5.74, 6) is 2.85. The highest BCUT2D eigenvalue weighted by Gasteiger charge is 2.25. The van der Waals surface area contributed by atoms with Crippen molar-refractivity contribution in [3.8, 4) is 0 Å². The van der Waals surface area contributed by atoms with Crippen molar-refractivity contribution in [1.82, 2.24) is 0 Å². The monoisotopic (exact) mass is 249 g/mol. The lowest BCUT2D eigenvalue weighted by molar-refractivity contribution is 0.506. The van der Waals surface area contributed by atoms with Crippen LogP contribution in [-0.4, -0.2) is 11.5 Å². The van der Waals surface area contributed by atoms with Crippen LogP contribution in [0.5, 0.6) is 0 Å². The van der Waals surface area contributed by atoms with Crippen LogP contribution in [0.1, 0.15) is 52.0 Å². The Labute approximate surface area is 109 Å². The number of hydrogen-bond acceptors (Lipinski definition) is 0. The molecule has 0 aromatic heterocycles. The zero-order valence-corrected chi connectivity index (χ0v) is 12.3. The van der Waals surface area contributed by atoms with Gasteiger partial charge in [-0.05, 0) is 48.8 Å². The fraction of sp³-hybridized carbons (Fsp3) is 0.625. The summed E-state index contributed by atoms with van der Waals surface area (Å²) in [5, 5.41) is 0. The predicted molar refractivity (Wildman–Crippen MR) is 79.0 cm³/mol. The molecular weight excluding hydrogens is 224 g/mol. The summed E-state index contributed by atoms with van der Waals surface area (Å²) in [5.41, 5.74) is 1.82. The maximum Gasteiger partial charge on any atom is 0.154 e. The molecule has 0 unspecified atom stereocenters. The van der Waals surface area contributed by atoms with Crippen LogP contribution in [0.3, 0.4) is 0 Å². The van der Waals surface area contributed by atoms with Gasteiger partial charge in [0.15, 0.2) is 4.90 Å². The van der Waals surface area contributed by atoms with Gasteiger partial charge in [-0.25, -0.2) is 0 Å². The average Bonchev–Trinajstić information content (AvgIpc) is 2.40. The van der Waals surface area contributed by atoms with E-state index in [-0.39, 0.29) is 0 Å². The largest absolute Gasteiger partial charge is 0.154 e. The molecular formula is C16H25S+. The first-order chi connectivity index (χ1) is 8.13. The van der Waals surface area contributed by atoms with Gasteiger partial charge in [0.2, 0.25) is 0 Å². The molecule has 1 aliphatic rings. The van der Waals surface area contributed by atoms with Gasteiger partial charge in [0, 0.05) is 10.9 Å². The molecule has 0 bridgehead atoms. The van der Waals surface area contributed by atoms with Gasteiger partial charge in [-0.3, -0.25) is 0 Å². The minimum atomic E-state index is 0.328. The van der Waals surface area contributed by atoms with E-state index in [9.17, 15) is 0 Å². The first-order valence-corrected chi connectivity index (χ1v) is 8.48. The summed E-state index contributed by atoms with van der Waals surface area (Å²) in [4.78, 5) is 1.60. The number of benzene rings is 1. The van der Waals surface area contributed by atoms with Crippen LogP contribution in [0.15, 0.2) is 29.2 Å². The second kappa shape index (κ2) is 5.48. The van der Waals surface area contributed by atoms with E-state index in [0.29, 0.717) is 16.3 Å². The second-order valence-corrected chi connectivity index (χ2v) is 8.00. The Balaban J connectivity index is 2.12. The number of rotatable bonds is 3. The van der Waals surface area contributed by atoms with Crippen molar-refractivity contribution in [2.75, 3.05) is 11.5 Å². The minimum Gasteiger partial charge on any atom is -0.0646 e. The molecule has 1 heterocycles. The normalized spacial score (nSPS) is 18.3. The van der Waals surface area contributed by atoms with Gasteiger partial charge in [-0.1, -0.05) is 32.9 Å². The molecule has 0 N–H and O–H groups in total. The summed E-state index contributed by atoms with van der Waals surface area (Å²) >= 11 is 0. The van der Waals surface area contributed by atoms with Gasteiger partial charge >= 0.3 is 0 Å². The van der Waals surface area contributed by atoms with Crippen molar-refractivity contribution in [2.24, 2.45) is 0 Å². The summed E-state index contributed by atoms with van der Waals surface area (Å²) in [6.45, 7) is 6.95. The fourth-order valence-electron chi connectivity index (χ4n) is 2.37. The highest BCUT2D eigenvalue weighted by molar-refractivity contribution is 7.96. The molecule has 0 spiro atoms. The fourth-order valence-corrected chi connectivity index (χ4v) is 4.67. The molecule has 1 saturated heterocycles. The van der Waals surface area contributed by atoms with E-state index < -0.39 is 0 Å². The predicted octanol–water partition coefficient (Wildman–Crippen LogP) is 4.54. The Morgan fingerprint density at radius 3 is 2.12 bits per heavy atom. The lowest BCUT2D eigenvalue weighted by Crippen LogP contribution is -2.19. The number of hydrogen-bond donors (Lipinski definition) is 0. The summed E-state index contributed by atoms with van der Waals surface area (Å²) in [6, 6.07) is 9.50. The van der Waals surface area contributed by atoms with E-state index in [1.54, 1.807) is 4.90 Å². The van der Waals surface area contributed by atoms with Crippen molar-refractivity contribution in [3.05, 3.63) is 29.8 Å². The highest BCUT2D eigenvalue weighted by atomic mass is 32.2. The third-order valence-electron chi connectivity index (χ3n) is 4.13. The van der Waals surface area contributed by atoms with Crippen LogP contribution in [0.25, 0.3) is 0 Å². The topological polar surface area (TPSA) is 0 Å². The molecule has 0 saturated carbocycles. The van der Waals surface area contributed by atoms with E-state index in [4.69, 9.17) is 0 Å². The molecule has 0 radical (unpaired) electrons. The Bertz CT molecular complexity index is 344. The van der Waals surface area contributed by atoms with E-state index >= 15 is 0 Å². The van der Waals surface area contributed by atoms with Gasteiger partial charge < -0.3 is 0 Å². The first kappa shape index (κ1) is 13.0.